The number of para-hydroxylation sites is 1. The van der Waals surface area contributed by atoms with E-state index >= 15 is 0 Å². The Morgan fingerprint density at radius 1 is 1.03 bits per heavy atom. The van der Waals surface area contributed by atoms with Crippen molar-refractivity contribution in [1.29, 1.82) is 0 Å². The summed E-state index contributed by atoms with van der Waals surface area (Å²) >= 11 is 2.36. The van der Waals surface area contributed by atoms with Crippen molar-refractivity contribution in [3.8, 4) is 5.75 Å². The Kier molecular flexibility index (Phi) is 5.54. The van der Waals surface area contributed by atoms with Crippen LogP contribution in [-0.2, 0) is 3.55 Å². The zero-order valence-electron chi connectivity index (χ0n) is 18.0. The van der Waals surface area contributed by atoms with E-state index in [2.05, 4.69) is 73.9 Å². The van der Waals surface area contributed by atoms with Crippen molar-refractivity contribution < 1.29 is 9.52 Å². The molecule has 2 aromatic carbocycles. The predicted molar refractivity (Wildman–Crippen MR) is 131 cm³/mol. The molecule has 0 radical (unpaired) electrons. The first kappa shape index (κ1) is 21.2. The van der Waals surface area contributed by atoms with Crippen molar-refractivity contribution in [3.63, 3.8) is 0 Å². The number of fused-ring (bicyclic) bond motifs is 1. The monoisotopic (exact) mass is 544 g/mol. The highest BCUT2D eigenvalue weighted by molar-refractivity contribution is 14.1. The number of rotatable bonds is 5. The maximum absolute atomic E-state index is 9.59. The zero-order valence-corrected chi connectivity index (χ0v) is 20.2. The first-order valence-corrected chi connectivity index (χ1v) is 11.7. The van der Waals surface area contributed by atoms with Gasteiger partial charge in [0, 0.05) is 37.3 Å². The molecule has 1 N–H and O–H groups in total. The van der Waals surface area contributed by atoms with Gasteiger partial charge in [-0.3, -0.25) is 4.90 Å². The van der Waals surface area contributed by atoms with Crippen molar-refractivity contribution in [2.24, 2.45) is 0 Å². The van der Waals surface area contributed by atoms with Gasteiger partial charge in [-0.2, -0.15) is 0 Å². The third-order valence-electron chi connectivity index (χ3n) is 5.85. The highest BCUT2D eigenvalue weighted by Gasteiger charge is 2.35. The van der Waals surface area contributed by atoms with Crippen LogP contribution in [0, 0.1) is 0 Å². The molecule has 2 aromatic heterocycles. The third kappa shape index (κ3) is 4.06. The summed E-state index contributed by atoms with van der Waals surface area (Å²) in [6.45, 7) is 7.55. The Morgan fingerprint density at radius 3 is 2.44 bits per heavy atom. The quantitative estimate of drug-likeness (QED) is 0.299. The molecule has 32 heavy (non-hydrogen) atoms. The lowest BCUT2D eigenvalue weighted by Crippen LogP contribution is -2.48. The maximum Gasteiger partial charge on any atom is 0.177 e. The highest BCUT2D eigenvalue weighted by atomic mass is 127. The van der Waals surface area contributed by atoms with Crippen LogP contribution in [0.25, 0.3) is 11.0 Å². The molecule has 1 saturated heterocycles. The van der Waals surface area contributed by atoms with E-state index in [4.69, 9.17) is 4.42 Å². The minimum Gasteiger partial charge on any atom is -0.508 e. The van der Waals surface area contributed by atoms with Crippen LogP contribution < -0.4 is 4.90 Å². The number of hydrogen-bond donors (Lipinski definition) is 1. The Bertz CT molecular complexity index is 1170. The molecule has 1 unspecified atom stereocenters. The molecular weight excluding hydrogens is 519 g/mol. The van der Waals surface area contributed by atoms with E-state index in [0.29, 0.717) is 0 Å². The molecule has 0 amide bonds. The molecule has 0 spiro atoms. The fourth-order valence-electron chi connectivity index (χ4n) is 4.25. The van der Waals surface area contributed by atoms with Crippen LogP contribution in [0.2, 0.25) is 0 Å². The van der Waals surface area contributed by atoms with E-state index in [1.165, 1.54) is 0 Å². The van der Waals surface area contributed by atoms with Crippen molar-refractivity contribution >= 4 is 39.2 Å². The lowest BCUT2D eigenvalue weighted by atomic mass is 10.1. The van der Waals surface area contributed by atoms with Crippen molar-refractivity contribution in [2.75, 3.05) is 31.1 Å². The van der Waals surface area contributed by atoms with Gasteiger partial charge in [-0.15, -0.1) is 5.10 Å². The molecular formula is C23H25IN6O2. The summed E-state index contributed by atoms with van der Waals surface area (Å²) in [5.74, 6) is 1.91. The Labute approximate surface area is 199 Å². The summed E-state index contributed by atoms with van der Waals surface area (Å²) in [6.07, 6.45) is 0. The van der Waals surface area contributed by atoms with Crippen LogP contribution in [-0.4, -0.2) is 56.4 Å². The average Bonchev–Trinajstić information content (AvgIpc) is 3.42. The minimum absolute atomic E-state index is 0.187. The van der Waals surface area contributed by atoms with Gasteiger partial charge in [0.15, 0.2) is 5.82 Å². The SMILES string of the molecule is CC(C)(I)n1nnnc1C(c1cc2ccccc2o1)N1CCN(c2ccc(O)cc2)CC1. The van der Waals surface area contributed by atoms with E-state index in [-0.39, 0.29) is 15.3 Å². The maximum atomic E-state index is 9.59. The molecule has 4 aromatic rings. The summed E-state index contributed by atoms with van der Waals surface area (Å²) in [4.78, 5) is 4.72. The molecule has 1 aliphatic heterocycles. The molecule has 1 atom stereocenters. The molecule has 8 nitrogen and oxygen atoms in total. The highest BCUT2D eigenvalue weighted by Crippen LogP contribution is 2.35. The number of nitrogens with zero attached hydrogens (tertiary/aromatic N) is 6. The molecule has 1 aliphatic rings. The van der Waals surface area contributed by atoms with Crippen LogP contribution in [0.4, 0.5) is 5.69 Å². The summed E-state index contributed by atoms with van der Waals surface area (Å²) in [6, 6.07) is 17.4. The van der Waals surface area contributed by atoms with E-state index in [1.807, 2.05) is 35.0 Å². The van der Waals surface area contributed by atoms with Crippen LogP contribution >= 0.6 is 22.6 Å². The van der Waals surface area contributed by atoms with Gasteiger partial charge in [0.25, 0.3) is 0 Å². The van der Waals surface area contributed by atoms with Gasteiger partial charge in [-0.05, 0) is 60.7 Å². The molecule has 5 rings (SSSR count). The largest absolute Gasteiger partial charge is 0.508 e. The van der Waals surface area contributed by atoms with E-state index in [1.54, 1.807) is 12.1 Å². The number of benzene rings is 2. The lowest BCUT2D eigenvalue weighted by molar-refractivity contribution is 0.180. The number of hydrogen-bond acceptors (Lipinski definition) is 7. The van der Waals surface area contributed by atoms with Crippen molar-refractivity contribution in [1.82, 2.24) is 25.1 Å². The number of phenolic OH excluding ortho intramolecular Hbond substituents is 1. The van der Waals surface area contributed by atoms with Gasteiger partial charge in [0.1, 0.15) is 26.7 Å². The van der Waals surface area contributed by atoms with E-state index in [0.717, 1.165) is 54.4 Å². The fourth-order valence-corrected chi connectivity index (χ4v) is 4.60. The summed E-state index contributed by atoms with van der Waals surface area (Å²) in [5, 5.41) is 23.4. The fraction of sp³-hybridized carbons (Fsp3) is 0.348. The van der Waals surface area contributed by atoms with Gasteiger partial charge in [0.2, 0.25) is 0 Å². The number of alkyl halides is 1. The smallest absolute Gasteiger partial charge is 0.177 e. The molecule has 3 heterocycles. The Hall–Kier alpha value is -2.66. The van der Waals surface area contributed by atoms with Crippen LogP contribution in [0.3, 0.4) is 0 Å². The number of anilines is 1. The van der Waals surface area contributed by atoms with Crippen LogP contribution in [0.1, 0.15) is 31.5 Å². The number of tetrazole rings is 1. The first-order chi connectivity index (χ1) is 15.4. The predicted octanol–water partition coefficient (Wildman–Crippen LogP) is 4.16. The van der Waals surface area contributed by atoms with Crippen molar-refractivity contribution in [2.45, 2.75) is 23.4 Å². The van der Waals surface area contributed by atoms with Crippen molar-refractivity contribution in [3.05, 3.63) is 66.2 Å². The second-order valence-electron chi connectivity index (χ2n) is 8.49. The lowest BCUT2D eigenvalue weighted by Gasteiger charge is -2.39. The molecule has 0 bridgehead atoms. The number of furan rings is 1. The van der Waals surface area contributed by atoms with Gasteiger partial charge in [-0.25, -0.2) is 4.68 Å². The van der Waals surface area contributed by atoms with Crippen LogP contribution in [0.15, 0.2) is 59.0 Å². The molecule has 0 saturated carbocycles. The second kappa shape index (κ2) is 8.36. The number of phenols is 1. The summed E-state index contributed by atoms with van der Waals surface area (Å²) in [5.41, 5.74) is 1.98. The molecule has 1 fully saturated rings. The third-order valence-corrected chi connectivity index (χ3v) is 6.31. The van der Waals surface area contributed by atoms with Gasteiger partial charge >= 0.3 is 0 Å². The average molecular weight is 544 g/mol. The Balaban J connectivity index is 1.48. The van der Waals surface area contributed by atoms with Gasteiger partial charge in [0.05, 0.1) is 0 Å². The normalized spacial score (nSPS) is 16.5. The topological polar surface area (TPSA) is 83.5 Å². The van der Waals surface area contributed by atoms with Gasteiger partial charge < -0.3 is 14.4 Å². The second-order valence-corrected chi connectivity index (χ2v) is 11.1. The number of piperazine rings is 1. The molecule has 166 valence electrons. The standard InChI is InChI=1S/C23H25IN6O2/c1-23(2,24)30-22(25-26-27-30)21(20-15-16-5-3-4-6-19(16)32-20)29-13-11-28(12-14-29)17-7-9-18(31)10-8-17/h3-10,15,21,31H,11-14H2,1-2H3. The Morgan fingerprint density at radius 2 is 1.75 bits per heavy atom. The number of aromatic nitrogens is 4. The molecule has 9 heteroatoms. The first-order valence-electron chi connectivity index (χ1n) is 10.6. The van der Waals surface area contributed by atoms with Crippen LogP contribution in [0.5, 0.6) is 5.75 Å². The van der Waals surface area contributed by atoms with E-state index in [9.17, 15) is 5.11 Å². The molecule has 0 aliphatic carbocycles. The zero-order chi connectivity index (χ0) is 22.3. The number of halogens is 1. The van der Waals surface area contributed by atoms with E-state index < -0.39 is 0 Å². The summed E-state index contributed by atoms with van der Waals surface area (Å²) < 4.78 is 7.91. The summed E-state index contributed by atoms with van der Waals surface area (Å²) in [7, 11) is 0. The van der Waals surface area contributed by atoms with Gasteiger partial charge in [-0.1, -0.05) is 40.8 Å². The minimum atomic E-state index is -0.283. The number of aromatic hydroxyl groups is 1.